The summed E-state index contributed by atoms with van der Waals surface area (Å²) in [6.07, 6.45) is -4.66. The number of rotatable bonds is 2. The fourth-order valence-corrected chi connectivity index (χ4v) is 2.41. The lowest BCUT2D eigenvalue weighted by Gasteiger charge is -2.08. The third-order valence-corrected chi connectivity index (χ3v) is 3.41. The molecule has 22 heavy (non-hydrogen) atoms. The molecule has 1 heterocycles. The van der Waals surface area contributed by atoms with E-state index in [0.717, 1.165) is 26.1 Å². The van der Waals surface area contributed by atoms with Gasteiger partial charge in [-0.15, -0.1) is 0 Å². The molecule has 0 spiro atoms. The van der Waals surface area contributed by atoms with E-state index in [0.29, 0.717) is 4.68 Å². The summed E-state index contributed by atoms with van der Waals surface area (Å²) in [6, 6.07) is 1.61. The number of alkyl halides is 3. The highest BCUT2D eigenvalue weighted by atomic mass is 35.5. The van der Waals surface area contributed by atoms with E-state index in [-0.39, 0.29) is 21.8 Å². The monoisotopic (exact) mass is 336 g/mol. The zero-order valence-corrected chi connectivity index (χ0v) is 12.1. The normalized spacial score (nSPS) is 11.8. The first-order valence-electron chi connectivity index (χ1n) is 5.87. The van der Waals surface area contributed by atoms with Gasteiger partial charge in [-0.1, -0.05) is 11.6 Å². The van der Waals surface area contributed by atoms with Gasteiger partial charge in [-0.3, -0.25) is 4.68 Å². The molecule has 0 unspecified atom stereocenters. The lowest BCUT2D eigenvalue weighted by atomic mass is 10.0. The van der Waals surface area contributed by atoms with Gasteiger partial charge in [0, 0.05) is 18.2 Å². The summed E-state index contributed by atoms with van der Waals surface area (Å²) in [5.41, 5.74) is -2.39. The Hall–Kier alpha value is -2.09. The van der Waals surface area contributed by atoms with E-state index in [9.17, 15) is 22.4 Å². The van der Waals surface area contributed by atoms with Crippen molar-refractivity contribution in [2.45, 2.75) is 13.1 Å². The first kappa shape index (κ1) is 16.3. The third kappa shape index (κ3) is 2.66. The van der Waals surface area contributed by atoms with Crippen LogP contribution in [0.15, 0.2) is 12.1 Å². The molecular weight excluding hydrogens is 328 g/mol. The second-order valence-electron chi connectivity index (χ2n) is 4.56. The number of benzene rings is 1. The van der Waals surface area contributed by atoms with Crippen LogP contribution in [0.1, 0.15) is 21.6 Å². The molecule has 2 rings (SSSR count). The van der Waals surface area contributed by atoms with Crippen LogP contribution in [0.25, 0.3) is 11.3 Å². The molecule has 0 saturated carbocycles. The molecule has 0 bridgehead atoms. The summed E-state index contributed by atoms with van der Waals surface area (Å²) in [5.74, 6) is -2.37. The van der Waals surface area contributed by atoms with E-state index in [2.05, 4.69) is 5.10 Å². The Morgan fingerprint density at radius 3 is 2.41 bits per heavy atom. The maximum atomic E-state index is 14.0. The zero-order chi connectivity index (χ0) is 16.8. The van der Waals surface area contributed by atoms with Crippen LogP contribution in [0.3, 0.4) is 0 Å². The molecule has 9 heteroatoms. The average Bonchev–Trinajstić information content (AvgIpc) is 2.63. The van der Waals surface area contributed by atoms with Crippen molar-refractivity contribution < 1.29 is 27.5 Å². The fraction of sp³-hybridized carbons (Fsp3) is 0.231. The number of aromatic nitrogens is 2. The van der Waals surface area contributed by atoms with Crippen molar-refractivity contribution in [2.75, 3.05) is 0 Å². The predicted octanol–water partition coefficient (Wildman–Crippen LogP) is 3.91. The number of halogens is 5. The SMILES string of the molecule is Cc1c(-c2cc(C(=O)O)c(Cl)cc2F)nn(C)c1C(F)(F)F. The zero-order valence-electron chi connectivity index (χ0n) is 11.3. The van der Waals surface area contributed by atoms with E-state index in [1.807, 2.05) is 0 Å². The summed E-state index contributed by atoms with van der Waals surface area (Å²) >= 11 is 5.61. The molecule has 1 N–H and O–H groups in total. The minimum atomic E-state index is -4.66. The van der Waals surface area contributed by atoms with Gasteiger partial charge in [-0.25, -0.2) is 9.18 Å². The van der Waals surface area contributed by atoms with E-state index < -0.39 is 29.2 Å². The number of aryl methyl sites for hydroxylation is 1. The van der Waals surface area contributed by atoms with Crippen molar-refractivity contribution in [1.29, 1.82) is 0 Å². The maximum Gasteiger partial charge on any atom is 0.433 e. The van der Waals surface area contributed by atoms with Crippen molar-refractivity contribution in [3.05, 3.63) is 39.8 Å². The molecule has 0 aliphatic heterocycles. The molecule has 0 radical (unpaired) electrons. The number of hydrogen-bond donors (Lipinski definition) is 1. The number of nitrogens with zero attached hydrogens (tertiary/aromatic N) is 2. The van der Waals surface area contributed by atoms with Crippen molar-refractivity contribution in [2.24, 2.45) is 7.05 Å². The molecule has 1 aromatic carbocycles. The second kappa shape index (κ2) is 5.28. The lowest BCUT2D eigenvalue weighted by Crippen LogP contribution is -2.13. The number of carboxylic acid groups (broad SMARTS) is 1. The van der Waals surface area contributed by atoms with Gasteiger partial charge in [-0.05, 0) is 19.1 Å². The molecule has 0 aliphatic rings. The number of carbonyl (C=O) groups is 1. The van der Waals surface area contributed by atoms with E-state index >= 15 is 0 Å². The van der Waals surface area contributed by atoms with Crippen molar-refractivity contribution in [1.82, 2.24) is 9.78 Å². The van der Waals surface area contributed by atoms with Crippen LogP contribution in [0.5, 0.6) is 0 Å². The molecule has 2 aromatic rings. The van der Waals surface area contributed by atoms with Crippen LogP contribution in [0.4, 0.5) is 17.6 Å². The van der Waals surface area contributed by atoms with Crippen molar-refractivity contribution >= 4 is 17.6 Å². The van der Waals surface area contributed by atoms with E-state index in [1.54, 1.807) is 0 Å². The highest BCUT2D eigenvalue weighted by Crippen LogP contribution is 2.37. The summed E-state index contributed by atoms with van der Waals surface area (Å²) in [5, 5.41) is 12.3. The van der Waals surface area contributed by atoms with E-state index in [1.165, 1.54) is 0 Å². The largest absolute Gasteiger partial charge is 0.478 e. The maximum absolute atomic E-state index is 14.0. The average molecular weight is 337 g/mol. The Labute approximate surface area is 126 Å². The molecule has 1 aromatic heterocycles. The van der Waals surface area contributed by atoms with Crippen LogP contribution in [0.2, 0.25) is 5.02 Å². The van der Waals surface area contributed by atoms with Gasteiger partial charge >= 0.3 is 12.1 Å². The Morgan fingerprint density at radius 1 is 1.36 bits per heavy atom. The molecular formula is C13H9ClF4N2O2. The highest BCUT2D eigenvalue weighted by molar-refractivity contribution is 6.33. The second-order valence-corrected chi connectivity index (χ2v) is 4.97. The Bertz CT molecular complexity index is 768. The molecule has 0 amide bonds. The molecule has 0 aliphatic carbocycles. The molecule has 0 saturated heterocycles. The Morgan fingerprint density at radius 2 is 1.95 bits per heavy atom. The van der Waals surface area contributed by atoms with Gasteiger partial charge in [0.25, 0.3) is 0 Å². The molecule has 4 nitrogen and oxygen atoms in total. The Balaban J connectivity index is 2.73. The highest BCUT2D eigenvalue weighted by Gasteiger charge is 2.38. The first-order valence-corrected chi connectivity index (χ1v) is 6.25. The van der Waals surface area contributed by atoms with E-state index in [4.69, 9.17) is 16.7 Å². The Kier molecular flexibility index (Phi) is 3.90. The van der Waals surface area contributed by atoms with Crippen LogP contribution in [-0.2, 0) is 13.2 Å². The molecule has 0 atom stereocenters. The van der Waals surface area contributed by atoms with Crippen LogP contribution < -0.4 is 0 Å². The minimum absolute atomic E-state index is 0.286. The summed E-state index contributed by atoms with van der Waals surface area (Å²) < 4.78 is 53.4. The van der Waals surface area contributed by atoms with Gasteiger partial charge in [0.15, 0.2) is 0 Å². The quantitative estimate of drug-likeness (QED) is 0.846. The van der Waals surface area contributed by atoms with Crippen LogP contribution >= 0.6 is 11.6 Å². The van der Waals surface area contributed by atoms with Gasteiger partial charge < -0.3 is 5.11 Å². The third-order valence-electron chi connectivity index (χ3n) is 3.09. The van der Waals surface area contributed by atoms with Crippen molar-refractivity contribution in [3.63, 3.8) is 0 Å². The predicted molar refractivity (Wildman–Crippen MR) is 70.3 cm³/mol. The molecule has 0 fully saturated rings. The van der Waals surface area contributed by atoms with Crippen molar-refractivity contribution in [3.8, 4) is 11.3 Å². The van der Waals surface area contributed by atoms with Crippen LogP contribution in [-0.4, -0.2) is 20.9 Å². The van der Waals surface area contributed by atoms with Crippen LogP contribution in [0, 0.1) is 12.7 Å². The number of carboxylic acids is 1. The van der Waals surface area contributed by atoms with Gasteiger partial charge in [0.05, 0.1) is 16.3 Å². The minimum Gasteiger partial charge on any atom is -0.478 e. The fourth-order valence-electron chi connectivity index (χ4n) is 2.18. The summed E-state index contributed by atoms with van der Waals surface area (Å²) in [7, 11) is 1.07. The lowest BCUT2D eigenvalue weighted by molar-refractivity contribution is -0.144. The summed E-state index contributed by atoms with van der Waals surface area (Å²) in [4.78, 5) is 11.0. The van der Waals surface area contributed by atoms with Gasteiger partial charge in [0.1, 0.15) is 11.5 Å². The standard InChI is InChI=1S/C13H9ClF4N2O2/c1-5-10(19-20(2)11(5)13(16,17)18)7-3-6(12(21)22)8(14)4-9(7)15/h3-4H,1-2H3,(H,21,22). The number of hydrogen-bond acceptors (Lipinski definition) is 2. The smallest absolute Gasteiger partial charge is 0.433 e. The topological polar surface area (TPSA) is 55.1 Å². The molecule has 118 valence electrons. The number of aromatic carboxylic acids is 1. The first-order chi connectivity index (χ1) is 10.0. The summed E-state index contributed by atoms with van der Waals surface area (Å²) in [6.45, 7) is 1.14. The van der Waals surface area contributed by atoms with Gasteiger partial charge in [0.2, 0.25) is 0 Å². The van der Waals surface area contributed by atoms with Gasteiger partial charge in [-0.2, -0.15) is 18.3 Å².